The summed E-state index contributed by atoms with van der Waals surface area (Å²) in [6.45, 7) is 0. The van der Waals surface area contributed by atoms with Gasteiger partial charge in [0.2, 0.25) is 0 Å². The van der Waals surface area contributed by atoms with E-state index in [9.17, 15) is 4.39 Å². The van der Waals surface area contributed by atoms with E-state index in [1.807, 2.05) is 0 Å². The SMILES string of the molecule is Cl.Fc1ccncc1Cl. The topological polar surface area (TPSA) is 12.9 Å². The predicted molar refractivity (Wildman–Crippen MR) is 36.5 cm³/mol. The first-order valence-electron chi connectivity index (χ1n) is 2.06. The molecule has 0 bridgehead atoms. The van der Waals surface area contributed by atoms with Crippen molar-refractivity contribution in [3.63, 3.8) is 0 Å². The summed E-state index contributed by atoms with van der Waals surface area (Å²) in [6.07, 6.45) is 2.61. The number of aromatic nitrogens is 1. The maximum atomic E-state index is 12.1. The van der Waals surface area contributed by atoms with Crippen LogP contribution in [0.5, 0.6) is 0 Å². The van der Waals surface area contributed by atoms with E-state index in [1.54, 1.807) is 0 Å². The summed E-state index contributed by atoms with van der Waals surface area (Å²) in [5, 5.41) is 0.0625. The van der Waals surface area contributed by atoms with Crippen LogP contribution in [-0.2, 0) is 0 Å². The number of halogens is 3. The Balaban J connectivity index is 0.000000640. The van der Waals surface area contributed by atoms with Crippen molar-refractivity contribution in [2.45, 2.75) is 0 Å². The van der Waals surface area contributed by atoms with Crippen molar-refractivity contribution in [1.82, 2.24) is 4.98 Å². The van der Waals surface area contributed by atoms with Gasteiger partial charge in [0, 0.05) is 12.4 Å². The minimum atomic E-state index is -0.429. The average molecular weight is 168 g/mol. The lowest BCUT2D eigenvalue weighted by molar-refractivity contribution is 0.626. The second kappa shape index (κ2) is 3.64. The number of pyridine rings is 1. The summed E-state index contributed by atoms with van der Waals surface area (Å²) in [4.78, 5) is 3.57. The lowest BCUT2D eigenvalue weighted by atomic mass is 10.5. The molecule has 0 amide bonds. The summed E-state index contributed by atoms with van der Waals surface area (Å²) < 4.78 is 12.1. The smallest absolute Gasteiger partial charge is 0.144 e. The van der Waals surface area contributed by atoms with E-state index < -0.39 is 5.82 Å². The molecule has 0 N–H and O–H groups in total. The van der Waals surface area contributed by atoms with Crippen molar-refractivity contribution < 1.29 is 4.39 Å². The molecule has 4 heteroatoms. The molecule has 1 aromatic rings. The Bertz CT molecular complexity index is 171. The Kier molecular flexibility index (Phi) is 3.50. The second-order valence-electron chi connectivity index (χ2n) is 1.29. The molecule has 50 valence electrons. The molecule has 0 fully saturated rings. The first-order chi connectivity index (χ1) is 3.80. The van der Waals surface area contributed by atoms with Gasteiger partial charge in [-0.2, -0.15) is 0 Å². The van der Waals surface area contributed by atoms with Crippen molar-refractivity contribution in [3.05, 3.63) is 29.3 Å². The van der Waals surface area contributed by atoms with Gasteiger partial charge in [-0.3, -0.25) is 4.98 Å². The van der Waals surface area contributed by atoms with Gasteiger partial charge in [-0.25, -0.2) is 4.39 Å². The molecular formula is C5H4Cl2FN. The molecule has 0 saturated carbocycles. The van der Waals surface area contributed by atoms with E-state index in [4.69, 9.17) is 11.6 Å². The highest BCUT2D eigenvalue weighted by Gasteiger charge is 1.92. The number of rotatable bonds is 0. The quantitative estimate of drug-likeness (QED) is 0.579. The number of hydrogen-bond donors (Lipinski definition) is 0. The standard InChI is InChI=1S/C5H3ClFN.ClH/c6-4-3-8-2-1-5(4)7;/h1-3H;1H. The molecule has 0 unspecified atom stereocenters. The first kappa shape index (κ1) is 8.66. The Labute approximate surface area is 63.3 Å². The van der Waals surface area contributed by atoms with Crippen molar-refractivity contribution in [1.29, 1.82) is 0 Å². The molecule has 0 spiro atoms. The Morgan fingerprint density at radius 2 is 2.22 bits per heavy atom. The van der Waals surface area contributed by atoms with Crippen LogP contribution in [0.25, 0.3) is 0 Å². The van der Waals surface area contributed by atoms with Crippen molar-refractivity contribution in [2.24, 2.45) is 0 Å². The van der Waals surface area contributed by atoms with Crippen molar-refractivity contribution in [2.75, 3.05) is 0 Å². The van der Waals surface area contributed by atoms with Gasteiger partial charge in [0.25, 0.3) is 0 Å². The Morgan fingerprint density at radius 1 is 1.56 bits per heavy atom. The van der Waals surface area contributed by atoms with Crippen LogP contribution in [0, 0.1) is 5.82 Å². The minimum absolute atomic E-state index is 0. The van der Waals surface area contributed by atoms with E-state index in [-0.39, 0.29) is 17.4 Å². The van der Waals surface area contributed by atoms with Crippen LogP contribution in [0.2, 0.25) is 5.02 Å². The maximum absolute atomic E-state index is 12.1. The summed E-state index contributed by atoms with van der Waals surface area (Å²) in [5.74, 6) is -0.429. The van der Waals surface area contributed by atoms with Gasteiger partial charge in [0.15, 0.2) is 0 Å². The van der Waals surface area contributed by atoms with E-state index in [0.29, 0.717) is 0 Å². The van der Waals surface area contributed by atoms with Crippen LogP contribution in [0.1, 0.15) is 0 Å². The van der Waals surface area contributed by atoms with Gasteiger partial charge in [-0.1, -0.05) is 11.6 Å². The summed E-state index contributed by atoms with van der Waals surface area (Å²) >= 11 is 5.27. The molecule has 0 aliphatic heterocycles. The zero-order valence-corrected chi connectivity index (χ0v) is 5.92. The van der Waals surface area contributed by atoms with E-state index in [1.165, 1.54) is 18.5 Å². The average Bonchev–Trinajstić information content (AvgIpc) is 1.77. The highest BCUT2D eigenvalue weighted by atomic mass is 35.5. The zero-order chi connectivity index (χ0) is 5.98. The molecule has 1 nitrogen and oxygen atoms in total. The van der Waals surface area contributed by atoms with Gasteiger partial charge in [-0.05, 0) is 6.07 Å². The van der Waals surface area contributed by atoms with Crippen LogP contribution < -0.4 is 0 Å². The van der Waals surface area contributed by atoms with Crippen LogP contribution in [0.15, 0.2) is 18.5 Å². The molecule has 0 aliphatic rings. The molecule has 0 radical (unpaired) electrons. The molecular weight excluding hydrogens is 164 g/mol. The third-order valence-electron chi connectivity index (χ3n) is 0.723. The van der Waals surface area contributed by atoms with E-state index in [0.717, 1.165) is 0 Å². The van der Waals surface area contributed by atoms with E-state index >= 15 is 0 Å². The monoisotopic (exact) mass is 167 g/mol. The lowest BCUT2D eigenvalue weighted by Gasteiger charge is -1.86. The highest BCUT2D eigenvalue weighted by molar-refractivity contribution is 6.30. The lowest BCUT2D eigenvalue weighted by Crippen LogP contribution is -1.75. The molecule has 0 aliphatic carbocycles. The molecule has 1 aromatic heterocycles. The third-order valence-corrected chi connectivity index (χ3v) is 1.00. The van der Waals surface area contributed by atoms with Gasteiger partial charge >= 0.3 is 0 Å². The van der Waals surface area contributed by atoms with Crippen molar-refractivity contribution in [3.8, 4) is 0 Å². The summed E-state index contributed by atoms with van der Waals surface area (Å²) in [6, 6.07) is 1.21. The molecule has 1 rings (SSSR count). The van der Waals surface area contributed by atoms with Gasteiger partial charge in [0.05, 0.1) is 5.02 Å². The highest BCUT2D eigenvalue weighted by Crippen LogP contribution is 2.09. The summed E-state index contributed by atoms with van der Waals surface area (Å²) in [7, 11) is 0. The maximum Gasteiger partial charge on any atom is 0.144 e. The molecule has 9 heavy (non-hydrogen) atoms. The fourth-order valence-corrected chi connectivity index (χ4v) is 0.478. The van der Waals surface area contributed by atoms with E-state index in [2.05, 4.69) is 4.98 Å². The first-order valence-corrected chi connectivity index (χ1v) is 2.43. The van der Waals surface area contributed by atoms with Crippen LogP contribution in [-0.4, -0.2) is 4.98 Å². The van der Waals surface area contributed by atoms with Crippen LogP contribution >= 0.6 is 24.0 Å². The molecule has 0 aromatic carbocycles. The fourth-order valence-electron chi connectivity index (χ4n) is 0.358. The van der Waals surface area contributed by atoms with Gasteiger partial charge < -0.3 is 0 Å². The minimum Gasteiger partial charge on any atom is -0.263 e. The second-order valence-corrected chi connectivity index (χ2v) is 1.70. The Morgan fingerprint density at radius 3 is 2.56 bits per heavy atom. The van der Waals surface area contributed by atoms with Gasteiger partial charge in [-0.15, -0.1) is 12.4 Å². The molecule has 1 heterocycles. The molecule has 0 atom stereocenters. The largest absolute Gasteiger partial charge is 0.263 e. The zero-order valence-electron chi connectivity index (χ0n) is 4.34. The van der Waals surface area contributed by atoms with Crippen molar-refractivity contribution >= 4 is 24.0 Å². The van der Waals surface area contributed by atoms with Crippen LogP contribution in [0.3, 0.4) is 0 Å². The number of nitrogens with zero attached hydrogens (tertiary/aromatic N) is 1. The van der Waals surface area contributed by atoms with Gasteiger partial charge in [0.1, 0.15) is 5.82 Å². The fraction of sp³-hybridized carbons (Fsp3) is 0. The normalized spacial score (nSPS) is 8.22. The van der Waals surface area contributed by atoms with Crippen LogP contribution in [0.4, 0.5) is 4.39 Å². The Hall–Kier alpha value is -0.340. The predicted octanol–water partition coefficient (Wildman–Crippen LogP) is 2.30. The molecule has 0 saturated heterocycles. The number of hydrogen-bond acceptors (Lipinski definition) is 1. The third kappa shape index (κ3) is 2.16. The summed E-state index contributed by atoms with van der Waals surface area (Å²) in [5.41, 5.74) is 0.